The number of rotatable bonds is 6. The van der Waals surface area contributed by atoms with Gasteiger partial charge in [0.15, 0.2) is 0 Å². The average molecular weight is 255 g/mol. The predicted molar refractivity (Wildman–Crippen MR) is 70.5 cm³/mol. The van der Waals surface area contributed by atoms with E-state index in [4.69, 9.17) is 16.3 Å². The molecule has 0 spiro atoms. The highest BCUT2D eigenvalue weighted by atomic mass is 35.5. The number of esters is 1. The van der Waals surface area contributed by atoms with E-state index in [0.29, 0.717) is 18.6 Å². The fourth-order valence-corrected chi connectivity index (χ4v) is 1.74. The molecular formula is C14H19ClO2. The minimum atomic E-state index is -0.883. The Morgan fingerprint density at radius 2 is 1.94 bits per heavy atom. The van der Waals surface area contributed by atoms with E-state index in [2.05, 4.69) is 6.92 Å². The monoisotopic (exact) mass is 254 g/mol. The summed E-state index contributed by atoms with van der Waals surface area (Å²) in [5, 5.41) is 0. The summed E-state index contributed by atoms with van der Waals surface area (Å²) >= 11 is 6.33. The van der Waals surface area contributed by atoms with Gasteiger partial charge >= 0.3 is 5.97 Å². The molecule has 2 nitrogen and oxygen atoms in total. The van der Waals surface area contributed by atoms with Crippen LogP contribution in [0.3, 0.4) is 0 Å². The van der Waals surface area contributed by atoms with Gasteiger partial charge in [0.25, 0.3) is 0 Å². The van der Waals surface area contributed by atoms with Crippen LogP contribution in [0.4, 0.5) is 0 Å². The summed E-state index contributed by atoms with van der Waals surface area (Å²) in [5.41, 5.74) is 0. The van der Waals surface area contributed by atoms with Crippen molar-refractivity contribution >= 4 is 17.6 Å². The Morgan fingerprint density at radius 1 is 1.29 bits per heavy atom. The highest BCUT2D eigenvalue weighted by molar-refractivity contribution is 6.34. The third-order valence-corrected chi connectivity index (χ3v) is 3.42. The van der Waals surface area contributed by atoms with E-state index in [-0.39, 0.29) is 5.97 Å². The Morgan fingerprint density at radius 3 is 2.47 bits per heavy atom. The van der Waals surface area contributed by atoms with Gasteiger partial charge in [-0.15, -0.1) is 11.6 Å². The van der Waals surface area contributed by atoms with Gasteiger partial charge in [-0.05, 0) is 25.0 Å². The van der Waals surface area contributed by atoms with Crippen LogP contribution in [0.15, 0.2) is 30.3 Å². The Labute approximate surface area is 108 Å². The lowest BCUT2D eigenvalue weighted by atomic mass is 9.98. The molecule has 0 bridgehead atoms. The van der Waals surface area contributed by atoms with Crippen molar-refractivity contribution in [1.29, 1.82) is 0 Å². The Balaban J connectivity index is 2.66. The van der Waals surface area contributed by atoms with Crippen molar-refractivity contribution < 1.29 is 9.53 Å². The summed E-state index contributed by atoms with van der Waals surface area (Å²) in [6.07, 6.45) is 3.20. The molecule has 1 unspecified atom stereocenters. The second kappa shape index (κ2) is 6.65. The SMILES string of the molecule is CCCCC(Cl)(CC)C(=O)Oc1ccccc1. The van der Waals surface area contributed by atoms with Gasteiger partial charge in [0.2, 0.25) is 0 Å². The molecule has 0 aliphatic heterocycles. The maximum absolute atomic E-state index is 12.0. The predicted octanol–water partition coefficient (Wildman–Crippen LogP) is 4.17. The first-order chi connectivity index (χ1) is 8.12. The van der Waals surface area contributed by atoms with Gasteiger partial charge in [0.1, 0.15) is 10.6 Å². The van der Waals surface area contributed by atoms with Gasteiger partial charge in [-0.25, -0.2) is 4.79 Å². The molecule has 0 heterocycles. The van der Waals surface area contributed by atoms with E-state index in [1.807, 2.05) is 25.1 Å². The maximum Gasteiger partial charge on any atom is 0.332 e. The number of carbonyl (C=O) groups is 1. The van der Waals surface area contributed by atoms with Crippen LogP contribution >= 0.6 is 11.6 Å². The van der Waals surface area contributed by atoms with Crippen LogP contribution in [0.1, 0.15) is 39.5 Å². The number of hydrogen-bond donors (Lipinski definition) is 0. The van der Waals surface area contributed by atoms with E-state index >= 15 is 0 Å². The quantitative estimate of drug-likeness (QED) is 0.433. The largest absolute Gasteiger partial charge is 0.425 e. The van der Waals surface area contributed by atoms with E-state index in [9.17, 15) is 4.79 Å². The summed E-state index contributed by atoms with van der Waals surface area (Å²) in [6.45, 7) is 3.99. The van der Waals surface area contributed by atoms with Crippen molar-refractivity contribution in [2.45, 2.75) is 44.4 Å². The number of halogens is 1. The second-order valence-corrected chi connectivity index (χ2v) is 4.85. The van der Waals surface area contributed by atoms with Crippen molar-refractivity contribution in [2.24, 2.45) is 0 Å². The second-order valence-electron chi connectivity index (χ2n) is 4.12. The van der Waals surface area contributed by atoms with Gasteiger partial charge in [-0.2, -0.15) is 0 Å². The summed E-state index contributed by atoms with van der Waals surface area (Å²) in [7, 11) is 0. The van der Waals surface area contributed by atoms with Gasteiger partial charge in [-0.1, -0.05) is 44.9 Å². The van der Waals surface area contributed by atoms with Crippen LogP contribution in [0.5, 0.6) is 5.75 Å². The molecule has 17 heavy (non-hydrogen) atoms. The molecule has 0 aromatic heterocycles. The summed E-state index contributed by atoms with van der Waals surface area (Å²) in [6, 6.07) is 9.05. The number of benzene rings is 1. The molecule has 94 valence electrons. The van der Waals surface area contributed by atoms with Crippen molar-refractivity contribution in [1.82, 2.24) is 0 Å². The Kier molecular flexibility index (Phi) is 5.49. The van der Waals surface area contributed by atoms with E-state index in [1.165, 1.54) is 0 Å². The molecule has 0 fully saturated rings. The van der Waals surface area contributed by atoms with Crippen LogP contribution < -0.4 is 4.74 Å². The number of hydrogen-bond acceptors (Lipinski definition) is 2. The summed E-state index contributed by atoms with van der Waals surface area (Å²) < 4.78 is 5.30. The third-order valence-electron chi connectivity index (χ3n) is 2.81. The number of alkyl halides is 1. The zero-order chi connectivity index (χ0) is 12.7. The normalized spacial score (nSPS) is 14.1. The molecule has 3 heteroatoms. The zero-order valence-corrected chi connectivity index (χ0v) is 11.2. The molecule has 1 aromatic carbocycles. The van der Waals surface area contributed by atoms with Crippen molar-refractivity contribution in [3.63, 3.8) is 0 Å². The smallest absolute Gasteiger partial charge is 0.332 e. The fourth-order valence-electron chi connectivity index (χ4n) is 1.57. The lowest BCUT2D eigenvalue weighted by Crippen LogP contribution is -2.35. The van der Waals surface area contributed by atoms with Crippen LogP contribution in [0.2, 0.25) is 0 Å². The highest BCUT2D eigenvalue weighted by Gasteiger charge is 2.35. The van der Waals surface area contributed by atoms with Crippen molar-refractivity contribution in [3.05, 3.63) is 30.3 Å². The molecule has 0 radical (unpaired) electrons. The van der Waals surface area contributed by atoms with Crippen molar-refractivity contribution in [3.8, 4) is 5.75 Å². The molecule has 0 aliphatic carbocycles. The zero-order valence-electron chi connectivity index (χ0n) is 10.4. The Hall–Kier alpha value is -1.02. The molecule has 0 aliphatic rings. The lowest BCUT2D eigenvalue weighted by molar-refractivity contribution is -0.137. The van der Waals surface area contributed by atoms with Crippen LogP contribution in [-0.2, 0) is 4.79 Å². The lowest BCUT2D eigenvalue weighted by Gasteiger charge is -2.23. The molecular weight excluding hydrogens is 236 g/mol. The molecule has 1 rings (SSSR count). The van der Waals surface area contributed by atoms with Crippen molar-refractivity contribution in [2.75, 3.05) is 0 Å². The molecule has 0 saturated carbocycles. The molecule has 1 aromatic rings. The summed E-state index contributed by atoms with van der Waals surface area (Å²) in [5.74, 6) is 0.203. The van der Waals surface area contributed by atoms with Crippen LogP contribution in [-0.4, -0.2) is 10.8 Å². The first-order valence-corrected chi connectivity index (χ1v) is 6.46. The minimum Gasteiger partial charge on any atom is -0.425 e. The van der Waals surface area contributed by atoms with Gasteiger partial charge in [-0.3, -0.25) is 0 Å². The third kappa shape index (κ3) is 4.04. The van der Waals surface area contributed by atoms with E-state index < -0.39 is 4.87 Å². The molecule has 0 saturated heterocycles. The number of carbonyl (C=O) groups excluding carboxylic acids is 1. The topological polar surface area (TPSA) is 26.3 Å². The number of unbranched alkanes of at least 4 members (excludes halogenated alkanes) is 1. The highest BCUT2D eigenvalue weighted by Crippen LogP contribution is 2.29. The standard InChI is InChI=1S/C14H19ClO2/c1-3-5-11-14(15,4-2)13(16)17-12-9-7-6-8-10-12/h6-10H,3-5,11H2,1-2H3. The first-order valence-electron chi connectivity index (χ1n) is 6.08. The van der Waals surface area contributed by atoms with Gasteiger partial charge < -0.3 is 4.74 Å². The van der Waals surface area contributed by atoms with Gasteiger partial charge in [0, 0.05) is 0 Å². The van der Waals surface area contributed by atoms with Crippen LogP contribution in [0.25, 0.3) is 0 Å². The molecule has 0 N–H and O–H groups in total. The maximum atomic E-state index is 12.0. The summed E-state index contributed by atoms with van der Waals surface area (Å²) in [4.78, 5) is 11.1. The molecule has 0 amide bonds. The number of para-hydroxylation sites is 1. The Bertz CT molecular complexity index is 350. The average Bonchev–Trinajstić information content (AvgIpc) is 2.37. The van der Waals surface area contributed by atoms with E-state index in [0.717, 1.165) is 12.8 Å². The van der Waals surface area contributed by atoms with Crippen LogP contribution in [0, 0.1) is 0 Å². The minimum absolute atomic E-state index is 0.346. The fraction of sp³-hybridized carbons (Fsp3) is 0.500. The van der Waals surface area contributed by atoms with Gasteiger partial charge in [0.05, 0.1) is 0 Å². The van der Waals surface area contributed by atoms with E-state index in [1.54, 1.807) is 12.1 Å². The number of ether oxygens (including phenoxy) is 1. The molecule has 1 atom stereocenters. The first kappa shape index (κ1) is 14.0.